The van der Waals surface area contributed by atoms with Crippen LogP contribution in [0, 0.1) is 20.8 Å². The highest BCUT2D eigenvalue weighted by Crippen LogP contribution is 2.30. The minimum atomic E-state index is -0.121. The maximum absolute atomic E-state index is 12.4. The highest BCUT2D eigenvalue weighted by Gasteiger charge is 2.24. The highest BCUT2D eigenvalue weighted by molar-refractivity contribution is 8.18. The molecule has 2 aromatic heterocycles. The molecule has 0 saturated carbocycles. The summed E-state index contributed by atoms with van der Waals surface area (Å²) >= 11 is 1.36. The second-order valence-electron chi connectivity index (χ2n) is 6.68. The summed E-state index contributed by atoms with van der Waals surface area (Å²) in [6, 6.07) is 13.9. The number of benzene rings is 1. The lowest BCUT2D eigenvalue weighted by Gasteiger charge is -2.08. The van der Waals surface area contributed by atoms with Crippen molar-refractivity contribution in [2.45, 2.75) is 20.8 Å². The van der Waals surface area contributed by atoms with Crippen LogP contribution in [0.1, 0.15) is 22.5 Å². The number of hydrogen-bond donors (Lipinski definition) is 1. The molecule has 1 aliphatic heterocycles. The molecule has 5 nitrogen and oxygen atoms in total. The Hall–Kier alpha value is -3.12. The normalized spacial score (nSPS) is 16.8. The van der Waals surface area contributed by atoms with Gasteiger partial charge in [0.25, 0.3) is 5.91 Å². The van der Waals surface area contributed by atoms with Crippen LogP contribution in [0.5, 0.6) is 0 Å². The summed E-state index contributed by atoms with van der Waals surface area (Å²) in [7, 11) is 0. The van der Waals surface area contributed by atoms with Gasteiger partial charge < -0.3 is 9.88 Å². The van der Waals surface area contributed by atoms with E-state index in [1.54, 1.807) is 12.4 Å². The van der Waals surface area contributed by atoms with Gasteiger partial charge in [-0.1, -0.05) is 17.7 Å². The number of rotatable bonds is 3. The Labute approximate surface area is 168 Å². The van der Waals surface area contributed by atoms with Gasteiger partial charge in [-0.3, -0.25) is 9.78 Å². The fourth-order valence-electron chi connectivity index (χ4n) is 3.18. The molecule has 6 heteroatoms. The summed E-state index contributed by atoms with van der Waals surface area (Å²) in [5.41, 5.74) is 6.26. The second-order valence-corrected chi connectivity index (χ2v) is 7.72. The van der Waals surface area contributed by atoms with Crippen molar-refractivity contribution in [2.75, 3.05) is 0 Å². The first-order valence-corrected chi connectivity index (χ1v) is 9.78. The van der Waals surface area contributed by atoms with Crippen molar-refractivity contribution in [3.05, 3.63) is 82.3 Å². The maximum atomic E-state index is 12.4. The molecular weight excluding hydrogens is 368 g/mol. The zero-order valence-electron chi connectivity index (χ0n) is 15.9. The maximum Gasteiger partial charge on any atom is 0.264 e. The van der Waals surface area contributed by atoms with Crippen molar-refractivity contribution in [3.8, 4) is 5.69 Å². The fraction of sp³-hybridized carbons (Fsp3) is 0.136. The smallest absolute Gasteiger partial charge is 0.264 e. The number of hydrogen-bond acceptors (Lipinski definition) is 4. The third-order valence-corrected chi connectivity index (χ3v) is 5.50. The standard InChI is InChI=1S/C22H20N4OS/c1-14-4-6-18(7-5-14)24-22-25-21(27)20(28-22)13-17-12-15(2)26(16(17)3)19-8-10-23-11-9-19/h4-13H,1-3H3,(H,24,25,27)/b20-13+. The molecule has 0 bridgehead atoms. The fourth-order valence-corrected chi connectivity index (χ4v) is 4.02. The molecule has 3 heterocycles. The van der Waals surface area contributed by atoms with Crippen molar-refractivity contribution in [3.63, 3.8) is 0 Å². The van der Waals surface area contributed by atoms with E-state index in [4.69, 9.17) is 0 Å². The summed E-state index contributed by atoms with van der Waals surface area (Å²) < 4.78 is 2.16. The van der Waals surface area contributed by atoms with Crippen molar-refractivity contribution >= 4 is 34.6 Å². The number of thioether (sulfide) groups is 1. The predicted molar refractivity (Wildman–Crippen MR) is 115 cm³/mol. The van der Waals surface area contributed by atoms with Crippen LogP contribution in [0.15, 0.2) is 64.8 Å². The topological polar surface area (TPSA) is 59.3 Å². The van der Waals surface area contributed by atoms with E-state index in [1.807, 2.05) is 49.4 Å². The Morgan fingerprint density at radius 3 is 2.50 bits per heavy atom. The Morgan fingerprint density at radius 2 is 1.79 bits per heavy atom. The molecule has 1 amide bonds. The lowest BCUT2D eigenvalue weighted by atomic mass is 10.2. The molecule has 28 heavy (non-hydrogen) atoms. The lowest BCUT2D eigenvalue weighted by molar-refractivity contribution is -0.115. The molecule has 1 aromatic carbocycles. The number of aliphatic imine (C=N–C) groups is 1. The molecule has 0 radical (unpaired) electrons. The van der Waals surface area contributed by atoms with E-state index in [9.17, 15) is 4.79 Å². The van der Waals surface area contributed by atoms with Crippen LogP contribution in [0.25, 0.3) is 11.8 Å². The number of carbonyl (C=O) groups is 1. The van der Waals surface area contributed by atoms with Crippen molar-refractivity contribution in [1.82, 2.24) is 14.9 Å². The van der Waals surface area contributed by atoms with Crippen LogP contribution < -0.4 is 5.32 Å². The van der Waals surface area contributed by atoms with Crippen LogP contribution in [0.4, 0.5) is 5.69 Å². The average Bonchev–Trinajstić information content (AvgIpc) is 3.16. The van der Waals surface area contributed by atoms with Gasteiger partial charge >= 0.3 is 0 Å². The van der Waals surface area contributed by atoms with Crippen molar-refractivity contribution in [1.29, 1.82) is 0 Å². The van der Waals surface area contributed by atoms with Crippen LogP contribution in [0.3, 0.4) is 0 Å². The van der Waals surface area contributed by atoms with Gasteiger partial charge in [-0.2, -0.15) is 0 Å². The van der Waals surface area contributed by atoms with Gasteiger partial charge in [-0.05, 0) is 74.5 Å². The van der Waals surface area contributed by atoms with Gasteiger partial charge in [-0.15, -0.1) is 0 Å². The third kappa shape index (κ3) is 3.64. The Bertz CT molecular complexity index is 1100. The van der Waals surface area contributed by atoms with Gasteiger partial charge in [0.2, 0.25) is 0 Å². The first kappa shape index (κ1) is 18.3. The van der Waals surface area contributed by atoms with E-state index >= 15 is 0 Å². The Morgan fingerprint density at radius 1 is 1.07 bits per heavy atom. The molecule has 0 aliphatic carbocycles. The van der Waals surface area contributed by atoms with Gasteiger partial charge in [0, 0.05) is 29.5 Å². The number of amides is 1. The first-order valence-electron chi connectivity index (χ1n) is 8.97. The predicted octanol–water partition coefficient (Wildman–Crippen LogP) is 4.69. The second kappa shape index (κ2) is 7.48. The molecule has 0 unspecified atom stereocenters. The molecule has 1 fully saturated rings. The zero-order chi connectivity index (χ0) is 19.7. The molecule has 0 atom stereocenters. The van der Waals surface area contributed by atoms with E-state index in [0.29, 0.717) is 10.1 Å². The molecule has 140 valence electrons. The van der Waals surface area contributed by atoms with E-state index in [0.717, 1.165) is 28.3 Å². The summed E-state index contributed by atoms with van der Waals surface area (Å²) in [4.78, 5) is 21.7. The number of nitrogens with one attached hydrogen (secondary N) is 1. The number of carbonyl (C=O) groups excluding carboxylic acids is 1. The van der Waals surface area contributed by atoms with Gasteiger partial charge in [-0.25, -0.2) is 4.99 Å². The molecule has 0 spiro atoms. The first-order chi connectivity index (χ1) is 13.5. The third-order valence-electron chi connectivity index (χ3n) is 4.59. The molecule has 4 rings (SSSR count). The Kier molecular flexibility index (Phi) is 4.88. The molecule has 1 saturated heterocycles. The average molecular weight is 388 g/mol. The zero-order valence-corrected chi connectivity index (χ0v) is 16.7. The van der Waals surface area contributed by atoms with Crippen molar-refractivity contribution < 1.29 is 4.79 Å². The van der Waals surface area contributed by atoms with Gasteiger partial charge in [0.1, 0.15) is 0 Å². The number of aromatic nitrogens is 2. The van der Waals surface area contributed by atoms with Crippen LogP contribution in [0.2, 0.25) is 0 Å². The van der Waals surface area contributed by atoms with E-state index in [2.05, 4.69) is 39.8 Å². The van der Waals surface area contributed by atoms with Gasteiger partial charge in [0.15, 0.2) is 5.17 Å². The Balaban J connectivity index is 1.63. The molecule has 3 aromatic rings. The minimum Gasteiger partial charge on any atom is -0.318 e. The molecular formula is C22H20N4OS. The lowest BCUT2D eigenvalue weighted by Crippen LogP contribution is -2.19. The number of nitrogens with zero attached hydrogens (tertiary/aromatic N) is 3. The summed E-state index contributed by atoms with van der Waals surface area (Å²) in [6.45, 7) is 6.15. The largest absolute Gasteiger partial charge is 0.318 e. The van der Waals surface area contributed by atoms with Crippen LogP contribution in [-0.2, 0) is 4.79 Å². The highest BCUT2D eigenvalue weighted by atomic mass is 32.2. The summed E-state index contributed by atoms with van der Waals surface area (Å²) in [5.74, 6) is -0.121. The molecule has 1 N–H and O–H groups in total. The monoisotopic (exact) mass is 388 g/mol. The summed E-state index contributed by atoms with van der Waals surface area (Å²) in [5, 5.41) is 3.45. The van der Waals surface area contributed by atoms with E-state index < -0.39 is 0 Å². The number of amidine groups is 1. The SMILES string of the molecule is Cc1ccc(N=C2NC(=O)/C(=C\c3cc(C)n(-c4ccncc4)c3C)S2)cc1. The summed E-state index contributed by atoms with van der Waals surface area (Å²) in [6.07, 6.45) is 5.48. The number of pyridine rings is 1. The minimum absolute atomic E-state index is 0.121. The quantitative estimate of drug-likeness (QED) is 0.662. The van der Waals surface area contributed by atoms with Crippen LogP contribution >= 0.6 is 11.8 Å². The van der Waals surface area contributed by atoms with Crippen molar-refractivity contribution in [2.24, 2.45) is 4.99 Å². The van der Waals surface area contributed by atoms with E-state index in [1.165, 1.54) is 17.3 Å². The molecule has 1 aliphatic rings. The van der Waals surface area contributed by atoms with Gasteiger partial charge in [0.05, 0.1) is 10.6 Å². The van der Waals surface area contributed by atoms with Crippen LogP contribution in [-0.4, -0.2) is 20.6 Å². The van der Waals surface area contributed by atoms with E-state index in [-0.39, 0.29) is 5.91 Å². The number of aryl methyl sites for hydroxylation is 2.